The first kappa shape index (κ1) is 30.5. The Kier molecular flexibility index (Phi) is 8.16. The first-order chi connectivity index (χ1) is 21.0. The zero-order valence-corrected chi connectivity index (χ0v) is 24.3. The van der Waals surface area contributed by atoms with Gasteiger partial charge in [0, 0.05) is 26.1 Å². The van der Waals surface area contributed by atoms with Crippen molar-refractivity contribution in [1.82, 2.24) is 20.4 Å². The summed E-state index contributed by atoms with van der Waals surface area (Å²) in [5.74, 6) is -5.78. The predicted octanol–water partition coefficient (Wildman–Crippen LogP) is 2.24. The van der Waals surface area contributed by atoms with E-state index < -0.39 is 53.1 Å². The van der Waals surface area contributed by atoms with Gasteiger partial charge in [0.25, 0.3) is 11.8 Å². The number of benzene rings is 1. The lowest BCUT2D eigenvalue weighted by molar-refractivity contribution is -0.189. The number of halogens is 3. The van der Waals surface area contributed by atoms with Crippen molar-refractivity contribution >= 4 is 35.3 Å². The molecule has 5 aliphatic rings. The number of hydrogen-bond acceptors (Lipinski definition) is 9. The van der Waals surface area contributed by atoms with Crippen molar-refractivity contribution in [3.05, 3.63) is 23.3 Å². The molecule has 4 amide bonds. The van der Waals surface area contributed by atoms with Gasteiger partial charge in [0.05, 0.1) is 16.8 Å². The van der Waals surface area contributed by atoms with E-state index >= 15 is 0 Å². The van der Waals surface area contributed by atoms with Crippen LogP contribution >= 0.6 is 0 Å². The summed E-state index contributed by atoms with van der Waals surface area (Å²) in [5.41, 5.74) is -0.523. The molecule has 5 aliphatic heterocycles. The van der Waals surface area contributed by atoms with Crippen LogP contribution in [0.5, 0.6) is 5.75 Å². The van der Waals surface area contributed by atoms with Gasteiger partial charge >= 0.3 is 12.1 Å². The van der Waals surface area contributed by atoms with Crippen molar-refractivity contribution in [2.24, 2.45) is 11.3 Å². The number of esters is 1. The molecule has 6 rings (SSSR count). The van der Waals surface area contributed by atoms with Gasteiger partial charge in [-0.05, 0) is 94.6 Å². The Balaban J connectivity index is 1.21. The third-order valence-corrected chi connectivity index (χ3v) is 10.0. The van der Waals surface area contributed by atoms with Crippen molar-refractivity contribution in [3.63, 3.8) is 0 Å². The number of piperidine rings is 4. The number of amides is 4. The molecule has 2 N–H and O–H groups in total. The highest BCUT2D eigenvalue weighted by Gasteiger charge is 2.49. The second kappa shape index (κ2) is 11.8. The number of ether oxygens (including phenoxy) is 1. The van der Waals surface area contributed by atoms with Gasteiger partial charge in [-0.2, -0.15) is 13.2 Å². The SMILES string of the molecule is O=C1CCC(N2C(=O)c3ccc(N4CCC5(CCN(CC6CCNCC6)CC5)CC4)c(OC(=O)C(F)(F)F)c3C2=O)C(=O)N1. The average molecular weight is 620 g/mol. The largest absolute Gasteiger partial charge is 0.491 e. The molecule has 1 aromatic carbocycles. The van der Waals surface area contributed by atoms with Gasteiger partial charge in [-0.1, -0.05) is 0 Å². The fraction of sp³-hybridized carbons (Fsp3) is 0.633. The maximum atomic E-state index is 13.6. The molecule has 1 atom stereocenters. The highest BCUT2D eigenvalue weighted by Crippen LogP contribution is 2.46. The number of imide groups is 2. The summed E-state index contributed by atoms with van der Waals surface area (Å²) >= 11 is 0. The van der Waals surface area contributed by atoms with Gasteiger partial charge in [-0.25, -0.2) is 4.79 Å². The quantitative estimate of drug-likeness (QED) is 0.290. The standard InChI is InChI=1S/C30H36F3N5O6/c31-30(32,33)28(43)44-24-20(2-1-19-23(24)27(42)38(26(19)41)21-3-4-22(39)35-25(21)40)37-15-9-29(10-16-37)7-13-36(14-8-29)17-18-5-11-34-12-6-18/h1-2,18,21,34H,3-17H2,(H,35,39,40). The van der Waals surface area contributed by atoms with Gasteiger partial charge in [0.1, 0.15) is 6.04 Å². The molecule has 0 bridgehead atoms. The summed E-state index contributed by atoms with van der Waals surface area (Å²) in [4.78, 5) is 68.0. The molecule has 0 aliphatic carbocycles. The molecule has 4 saturated heterocycles. The van der Waals surface area contributed by atoms with E-state index in [1.54, 1.807) is 4.90 Å². The fourth-order valence-electron chi connectivity index (χ4n) is 7.38. The molecule has 44 heavy (non-hydrogen) atoms. The van der Waals surface area contributed by atoms with Gasteiger partial charge in [0.15, 0.2) is 5.75 Å². The van der Waals surface area contributed by atoms with E-state index in [1.807, 2.05) is 0 Å². The van der Waals surface area contributed by atoms with Crippen LogP contribution in [0, 0.1) is 11.3 Å². The summed E-state index contributed by atoms with van der Waals surface area (Å²) in [6, 6.07) is 1.41. The zero-order chi connectivity index (χ0) is 31.2. The van der Waals surface area contributed by atoms with Crippen LogP contribution in [0.25, 0.3) is 0 Å². The van der Waals surface area contributed by atoms with Crippen LogP contribution in [-0.2, 0) is 14.4 Å². The third kappa shape index (κ3) is 5.81. The molecule has 0 radical (unpaired) electrons. The summed E-state index contributed by atoms with van der Waals surface area (Å²) in [7, 11) is 0. The lowest BCUT2D eigenvalue weighted by Gasteiger charge is -2.48. The van der Waals surface area contributed by atoms with E-state index in [2.05, 4.69) is 15.5 Å². The highest BCUT2D eigenvalue weighted by atomic mass is 19.4. The van der Waals surface area contributed by atoms with Crippen LogP contribution in [0.15, 0.2) is 12.1 Å². The molecule has 238 valence electrons. The van der Waals surface area contributed by atoms with Crippen LogP contribution < -0.4 is 20.3 Å². The summed E-state index contributed by atoms with van der Waals surface area (Å²) < 4.78 is 45.0. The maximum absolute atomic E-state index is 13.6. The number of alkyl halides is 3. The molecule has 14 heteroatoms. The predicted molar refractivity (Wildman–Crippen MR) is 150 cm³/mol. The number of fused-ring (bicyclic) bond motifs is 1. The molecular weight excluding hydrogens is 583 g/mol. The third-order valence-electron chi connectivity index (χ3n) is 10.0. The van der Waals surface area contributed by atoms with Gasteiger partial charge in [-0.15, -0.1) is 0 Å². The van der Waals surface area contributed by atoms with Crippen molar-refractivity contribution in [2.75, 3.05) is 50.7 Å². The van der Waals surface area contributed by atoms with Crippen molar-refractivity contribution in [2.45, 2.75) is 63.6 Å². The van der Waals surface area contributed by atoms with Crippen molar-refractivity contribution in [3.8, 4) is 5.75 Å². The number of carbonyl (C=O) groups is 5. The molecule has 4 fully saturated rings. The number of hydrogen-bond donors (Lipinski definition) is 2. The minimum atomic E-state index is -5.34. The molecule has 0 aromatic heterocycles. The second-order valence-corrected chi connectivity index (χ2v) is 12.7. The van der Waals surface area contributed by atoms with E-state index in [-0.39, 0.29) is 29.5 Å². The van der Waals surface area contributed by atoms with Gasteiger partial charge in [-0.3, -0.25) is 29.4 Å². The molecule has 11 nitrogen and oxygen atoms in total. The van der Waals surface area contributed by atoms with E-state index in [0.29, 0.717) is 23.9 Å². The Bertz CT molecular complexity index is 1360. The number of rotatable bonds is 5. The number of anilines is 1. The van der Waals surface area contributed by atoms with Gasteiger partial charge < -0.3 is 19.9 Å². The molecule has 1 unspecified atom stereocenters. The molecule has 0 saturated carbocycles. The Hall–Kier alpha value is -3.52. The van der Waals surface area contributed by atoms with E-state index in [1.165, 1.54) is 25.0 Å². The number of likely N-dealkylation sites (tertiary alicyclic amines) is 1. The van der Waals surface area contributed by atoms with Crippen LogP contribution in [0.1, 0.15) is 72.1 Å². The first-order valence-electron chi connectivity index (χ1n) is 15.3. The number of carbonyl (C=O) groups excluding carboxylic acids is 5. The minimum Gasteiger partial charge on any atom is -0.417 e. The Labute approximate surface area is 252 Å². The Morgan fingerprint density at radius 3 is 2.23 bits per heavy atom. The zero-order valence-electron chi connectivity index (χ0n) is 24.3. The molecule has 1 spiro atoms. The first-order valence-corrected chi connectivity index (χ1v) is 15.3. The van der Waals surface area contributed by atoms with Crippen LogP contribution in [0.3, 0.4) is 0 Å². The number of nitrogens with zero attached hydrogens (tertiary/aromatic N) is 3. The smallest absolute Gasteiger partial charge is 0.417 e. The normalized spacial score (nSPS) is 24.9. The second-order valence-electron chi connectivity index (χ2n) is 12.7. The van der Waals surface area contributed by atoms with E-state index in [4.69, 9.17) is 4.74 Å². The summed E-state index contributed by atoms with van der Waals surface area (Å²) in [6.07, 6.45) is 0.430. The summed E-state index contributed by atoms with van der Waals surface area (Å²) in [5, 5.41) is 5.49. The monoisotopic (exact) mass is 619 g/mol. The minimum absolute atomic E-state index is 0.106. The molecular formula is C30H36F3N5O6. The van der Waals surface area contributed by atoms with Crippen LogP contribution in [0.2, 0.25) is 0 Å². The topological polar surface area (TPSA) is 128 Å². The Morgan fingerprint density at radius 2 is 1.59 bits per heavy atom. The Morgan fingerprint density at radius 1 is 0.932 bits per heavy atom. The van der Waals surface area contributed by atoms with E-state index in [0.717, 1.165) is 58.4 Å². The van der Waals surface area contributed by atoms with Crippen LogP contribution in [-0.4, -0.2) is 97.4 Å². The fourth-order valence-corrected chi connectivity index (χ4v) is 7.38. The molecule has 5 heterocycles. The average Bonchev–Trinajstić information content (AvgIpc) is 3.24. The lowest BCUT2D eigenvalue weighted by atomic mass is 9.71. The van der Waals surface area contributed by atoms with Gasteiger partial charge in [0.2, 0.25) is 11.8 Å². The highest BCUT2D eigenvalue weighted by molar-refractivity contribution is 6.25. The van der Waals surface area contributed by atoms with E-state index in [9.17, 15) is 37.1 Å². The number of nitrogens with one attached hydrogen (secondary N) is 2. The summed E-state index contributed by atoms with van der Waals surface area (Å²) in [6.45, 7) is 6.20. The lowest BCUT2D eigenvalue weighted by Crippen LogP contribution is -2.54. The maximum Gasteiger partial charge on any atom is 0.491 e. The van der Waals surface area contributed by atoms with Crippen LogP contribution in [0.4, 0.5) is 18.9 Å². The molecule has 1 aromatic rings. The van der Waals surface area contributed by atoms with Crippen molar-refractivity contribution in [1.29, 1.82) is 0 Å². The van der Waals surface area contributed by atoms with Crippen molar-refractivity contribution < 1.29 is 41.9 Å².